The molecule has 7 heteroatoms. The van der Waals surface area contributed by atoms with Crippen molar-refractivity contribution < 1.29 is 14.3 Å². The molecule has 0 N–H and O–H groups in total. The number of hydrogen-bond donors (Lipinski definition) is 0. The molecule has 3 fully saturated rings. The molecule has 1 aromatic carbocycles. The van der Waals surface area contributed by atoms with E-state index in [4.69, 9.17) is 9.47 Å². The molecule has 0 radical (unpaired) electrons. The van der Waals surface area contributed by atoms with Crippen LogP contribution in [0.25, 0.3) is 10.8 Å². The number of methoxy groups -OCH3 is 1. The van der Waals surface area contributed by atoms with Crippen LogP contribution < -0.4 is 11.1 Å². The van der Waals surface area contributed by atoms with Crippen molar-refractivity contribution >= 4 is 16.7 Å². The normalized spacial score (nSPS) is 41.0. The van der Waals surface area contributed by atoms with Crippen LogP contribution in [0.4, 0.5) is 0 Å². The van der Waals surface area contributed by atoms with Crippen molar-refractivity contribution in [3.8, 4) is 0 Å². The molecule has 3 heterocycles. The zero-order chi connectivity index (χ0) is 28.9. The minimum absolute atomic E-state index is 0.00689. The summed E-state index contributed by atoms with van der Waals surface area (Å²) in [7, 11) is 1.69. The highest BCUT2D eigenvalue weighted by molar-refractivity contribution is 5.80. The third-order valence-electron chi connectivity index (χ3n) is 12.6. The smallest absolute Gasteiger partial charge is 0.302 e. The Balaban J connectivity index is 1.51. The topological polar surface area (TPSA) is 79.5 Å². The molecule has 9 atom stereocenters. The van der Waals surface area contributed by atoms with E-state index in [1.165, 1.54) is 6.92 Å². The molecule has 3 saturated carbocycles. The summed E-state index contributed by atoms with van der Waals surface area (Å²) in [5.41, 5.74) is -1.76. The summed E-state index contributed by atoms with van der Waals surface area (Å²) in [4.78, 5) is 41.4. The highest BCUT2D eigenvalue weighted by Gasteiger charge is 2.74. The number of carbonyl (C=O) groups excluding carboxylic acids is 1. The van der Waals surface area contributed by atoms with E-state index in [1.807, 2.05) is 21.5 Å². The van der Waals surface area contributed by atoms with Gasteiger partial charge in [0, 0.05) is 18.8 Å². The molecule has 2 aromatic rings. The van der Waals surface area contributed by atoms with Gasteiger partial charge in [0.25, 0.3) is 11.1 Å². The van der Waals surface area contributed by atoms with Crippen LogP contribution in [0.1, 0.15) is 72.6 Å². The summed E-state index contributed by atoms with van der Waals surface area (Å²) < 4.78 is 14.9. The summed E-state index contributed by atoms with van der Waals surface area (Å²) >= 11 is 0. The van der Waals surface area contributed by atoms with Crippen LogP contribution >= 0.6 is 0 Å². The molecule has 2 bridgehead atoms. The lowest BCUT2D eigenvalue weighted by Crippen LogP contribution is -2.78. The molecule has 2 spiro atoms. The van der Waals surface area contributed by atoms with Crippen molar-refractivity contribution in [2.75, 3.05) is 7.11 Å². The summed E-state index contributed by atoms with van der Waals surface area (Å²) in [6, 6.07) is 7.29. The van der Waals surface area contributed by atoms with Gasteiger partial charge in [-0.15, -0.1) is 0 Å². The first-order valence-electron chi connectivity index (χ1n) is 15.4. The zero-order valence-corrected chi connectivity index (χ0v) is 24.9. The molecular weight excluding hydrogens is 516 g/mol. The summed E-state index contributed by atoms with van der Waals surface area (Å²) in [5, 5.41) is 0.960. The van der Waals surface area contributed by atoms with E-state index >= 15 is 0 Å². The van der Waals surface area contributed by atoms with Gasteiger partial charge < -0.3 is 9.47 Å². The lowest BCUT2D eigenvalue weighted by Gasteiger charge is -2.72. The number of carbonyl (C=O) groups is 1. The van der Waals surface area contributed by atoms with Crippen LogP contribution in [0.2, 0.25) is 0 Å². The summed E-state index contributed by atoms with van der Waals surface area (Å²) in [6.45, 7) is 8.54. The Bertz CT molecular complexity index is 1620. The highest BCUT2D eigenvalue weighted by Crippen LogP contribution is 2.74. The molecule has 0 saturated heterocycles. The third-order valence-corrected chi connectivity index (χ3v) is 12.6. The van der Waals surface area contributed by atoms with Crippen molar-refractivity contribution in [1.29, 1.82) is 0 Å². The van der Waals surface area contributed by atoms with E-state index in [9.17, 15) is 14.4 Å². The van der Waals surface area contributed by atoms with Gasteiger partial charge in [0.1, 0.15) is 6.10 Å². The first-order chi connectivity index (χ1) is 19.5. The number of allylic oxidation sites excluding steroid dienone is 3. The predicted octanol–water partition coefficient (Wildman–Crippen LogP) is 5.50. The lowest BCUT2D eigenvalue weighted by molar-refractivity contribution is -0.205. The quantitative estimate of drug-likeness (QED) is 0.281. The third kappa shape index (κ3) is 3.13. The van der Waals surface area contributed by atoms with Crippen LogP contribution in [-0.2, 0) is 25.3 Å². The standard InChI is InChI=1S/C34H42N2O5/c1-21(14-19-40-5)26-10-11-27-31(26,3)15-13-28-32(4)16-12-23(41-22(2)37)20-33(32)17-18-34(27,28)36-30(39)25-9-7-6-8-24(25)29(38)35(33)36/h6-9,14,17-19,21,23,26-28H,10-13,15-16,20H2,1-5H3/b19-14+/t21-,23+,26?,27?,28?,31-,32-,33-,34+/m1/s1. The maximum absolute atomic E-state index is 14.7. The van der Waals surface area contributed by atoms with Gasteiger partial charge in [-0.1, -0.05) is 45.1 Å². The van der Waals surface area contributed by atoms with Crippen LogP contribution in [0, 0.1) is 34.5 Å². The van der Waals surface area contributed by atoms with E-state index < -0.39 is 11.1 Å². The molecule has 0 amide bonds. The Kier molecular flexibility index (Phi) is 5.69. The van der Waals surface area contributed by atoms with E-state index in [-0.39, 0.29) is 45.9 Å². The van der Waals surface area contributed by atoms with Crippen LogP contribution in [-0.4, -0.2) is 28.5 Å². The molecule has 1 aromatic heterocycles. The van der Waals surface area contributed by atoms with E-state index in [1.54, 1.807) is 25.5 Å². The van der Waals surface area contributed by atoms with Crippen molar-refractivity contribution in [1.82, 2.24) is 9.36 Å². The Morgan fingerprint density at radius 1 is 0.976 bits per heavy atom. The average molecular weight is 559 g/mol. The average Bonchev–Trinajstić information content (AvgIpc) is 3.31. The van der Waals surface area contributed by atoms with Gasteiger partial charge in [-0.3, -0.25) is 14.4 Å². The van der Waals surface area contributed by atoms with Crippen LogP contribution in [0.3, 0.4) is 0 Å². The number of ether oxygens (including phenoxy) is 2. The first kappa shape index (κ1) is 26.8. The number of aromatic nitrogens is 2. The van der Waals surface area contributed by atoms with Crippen molar-refractivity contribution in [2.45, 2.75) is 89.8 Å². The van der Waals surface area contributed by atoms with Gasteiger partial charge in [0.15, 0.2) is 0 Å². The van der Waals surface area contributed by atoms with Crippen LogP contribution in [0.5, 0.6) is 0 Å². The second-order valence-electron chi connectivity index (χ2n) is 14.1. The van der Waals surface area contributed by atoms with Crippen molar-refractivity contribution in [3.05, 3.63) is 69.5 Å². The fraction of sp³-hybridized carbons (Fsp3) is 0.618. The number of nitrogens with zero attached hydrogens (tertiary/aromatic N) is 2. The second-order valence-corrected chi connectivity index (χ2v) is 14.1. The van der Waals surface area contributed by atoms with Gasteiger partial charge in [0.05, 0.1) is 35.2 Å². The number of fused-ring (bicyclic) bond motifs is 2. The number of benzene rings is 1. The lowest BCUT2D eigenvalue weighted by atomic mass is 9.40. The van der Waals surface area contributed by atoms with Gasteiger partial charge in [0.2, 0.25) is 0 Å². The molecule has 3 unspecified atom stereocenters. The van der Waals surface area contributed by atoms with Crippen LogP contribution in [0.15, 0.2) is 58.3 Å². The fourth-order valence-electron chi connectivity index (χ4n) is 11.0. The Hall–Kier alpha value is -3.09. The second kappa shape index (κ2) is 8.71. The minimum atomic E-state index is -0.738. The van der Waals surface area contributed by atoms with E-state index in [0.29, 0.717) is 29.0 Å². The monoisotopic (exact) mass is 558 g/mol. The van der Waals surface area contributed by atoms with E-state index in [0.717, 1.165) is 38.5 Å². The van der Waals surface area contributed by atoms with Gasteiger partial charge >= 0.3 is 5.97 Å². The molecule has 41 heavy (non-hydrogen) atoms. The molecule has 4 aliphatic carbocycles. The van der Waals surface area contributed by atoms with Crippen molar-refractivity contribution in [2.24, 2.45) is 34.5 Å². The van der Waals surface area contributed by atoms with Gasteiger partial charge in [-0.2, -0.15) is 0 Å². The molecule has 8 rings (SSSR count). The molecular formula is C34H42N2O5. The maximum atomic E-state index is 14.7. The first-order valence-corrected chi connectivity index (χ1v) is 15.4. The number of esters is 1. The van der Waals surface area contributed by atoms with Gasteiger partial charge in [-0.25, -0.2) is 9.36 Å². The predicted molar refractivity (Wildman–Crippen MR) is 157 cm³/mol. The number of rotatable bonds is 4. The summed E-state index contributed by atoms with van der Waals surface area (Å²) in [6.07, 6.45) is 14.6. The minimum Gasteiger partial charge on any atom is -0.505 e. The maximum Gasteiger partial charge on any atom is 0.302 e. The number of hydrogen-bond acceptors (Lipinski definition) is 5. The zero-order valence-electron chi connectivity index (χ0n) is 24.9. The SMILES string of the molecule is CO/C=C/[C@@H](C)C1CCC2[C@]1(C)CCC1[C@]23C=C[C@]2(C[C@@H](OC(C)=O)CC[C@]12C)n1c(=O)c2ccccc2c(=O)n13. The molecule has 7 nitrogen and oxygen atoms in total. The highest BCUT2D eigenvalue weighted by atomic mass is 16.5. The molecule has 6 aliphatic rings. The Morgan fingerprint density at radius 3 is 2.37 bits per heavy atom. The largest absolute Gasteiger partial charge is 0.505 e. The fourth-order valence-corrected chi connectivity index (χ4v) is 11.0. The molecule has 218 valence electrons. The summed E-state index contributed by atoms with van der Waals surface area (Å²) in [5.74, 6) is 0.932. The Morgan fingerprint density at radius 2 is 1.68 bits per heavy atom. The Labute approximate surface area is 241 Å². The van der Waals surface area contributed by atoms with Crippen molar-refractivity contribution in [3.63, 3.8) is 0 Å². The van der Waals surface area contributed by atoms with Gasteiger partial charge in [-0.05, 0) is 85.8 Å². The molecule has 2 aliphatic heterocycles. The van der Waals surface area contributed by atoms with E-state index in [2.05, 4.69) is 39.0 Å².